The highest BCUT2D eigenvalue weighted by Crippen LogP contribution is 2.08. The third kappa shape index (κ3) is 4.87. The minimum Gasteiger partial charge on any atom is -0.480 e. The van der Waals surface area contributed by atoms with Crippen molar-refractivity contribution in [1.82, 2.24) is 10.3 Å². The van der Waals surface area contributed by atoms with Crippen LogP contribution >= 0.6 is 0 Å². The van der Waals surface area contributed by atoms with E-state index in [1.54, 1.807) is 26.0 Å². The molecule has 1 atom stereocenters. The van der Waals surface area contributed by atoms with E-state index in [-0.39, 0.29) is 12.8 Å². The van der Waals surface area contributed by atoms with Gasteiger partial charge in [-0.3, -0.25) is 14.6 Å². The average molecular weight is 294 g/mol. The van der Waals surface area contributed by atoms with E-state index in [1.807, 2.05) is 0 Å². The SMILES string of the molecule is COC(=O)CC[C@@H](NC(=O)c1ccc(C)nc1C)C(=O)O. The minimum absolute atomic E-state index is 0.0356. The molecule has 2 N–H and O–H groups in total. The number of carbonyl (C=O) groups is 3. The molecule has 1 heterocycles. The molecule has 7 heteroatoms. The highest BCUT2D eigenvalue weighted by Gasteiger charge is 2.22. The van der Waals surface area contributed by atoms with Crippen LogP contribution in [0.3, 0.4) is 0 Å². The van der Waals surface area contributed by atoms with E-state index in [1.165, 1.54) is 7.11 Å². The number of esters is 1. The van der Waals surface area contributed by atoms with Crippen LogP contribution in [0.25, 0.3) is 0 Å². The number of rotatable bonds is 6. The Labute approximate surface area is 122 Å². The summed E-state index contributed by atoms with van der Waals surface area (Å²) in [6.07, 6.45) is -0.120. The summed E-state index contributed by atoms with van der Waals surface area (Å²) in [4.78, 5) is 38.4. The number of nitrogens with one attached hydrogen (secondary N) is 1. The summed E-state index contributed by atoms with van der Waals surface area (Å²) in [5, 5.41) is 11.5. The van der Waals surface area contributed by atoms with Crippen LogP contribution in [0.2, 0.25) is 0 Å². The van der Waals surface area contributed by atoms with Crippen molar-refractivity contribution in [3.05, 3.63) is 29.1 Å². The quantitative estimate of drug-likeness (QED) is 0.753. The monoisotopic (exact) mass is 294 g/mol. The molecule has 0 aliphatic rings. The van der Waals surface area contributed by atoms with Gasteiger partial charge in [0.2, 0.25) is 0 Å². The van der Waals surface area contributed by atoms with Crippen LogP contribution in [0.1, 0.15) is 34.6 Å². The summed E-state index contributed by atoms with van der Waals surface area (Å²) in [6.45, 7) is 3.47. The van der Waals surface area contributed by atoms with Gasteiger partial charge in [-0.05, 0) is 32.4 Å². The third-order valence-electron chi connectivity index (χ3n) is 2.94. The molecule has 0 aliphatic carbocycles. The standard InChI is InChI=1S/C14H18N2O5/c1-8-4-5-10(9(2)15-8)13(18)16-11(14(19)20)6-7-12(17)21-3/h4-5,11H,6-7H2,1-3H3,(H,16,18)(H,19,20)/t11-/m1/s1. The van der Waals surface area contributed by atoms with E-state index >= 15 is 0 Å². The summed E-state index contributed by atoms with van der Waals surface area (Å²) >= 11 is 0. The zero-order valence-electron chi connectivity index (χ0n) is 12.2. The van der Waals surface area contributed by atoms with Crippen LogP contribution in [0.15, 0.2) is 12.1 Å². The minimum atomic E-state index is -1.20. The fourth-order valence-electron chi connectivity index (χ4n) is 1.78. The molecule has 114 valence electrons. The van der Waals surface area contributed by atoms with Crippen LogP contribution in [-0.2, 0) is 14.3 Å². The molecule has 1 amide bonds. The fourth-order valence-corrected chi connectivity index (χ4v) is 1.78. The summed E-state index contributed by atoms with van der Waals surface area (Å²) in [7, 11) is 1.22. The molecule has 1 aromatic rings. The van der Waals surface area contributed by atoms with Crippen molar-refractivity contribution in [3.8, 4) is 0 Å². The van der Waals surface area contributed by atoms with Gasteiger partial charge in [0, 0.05) is 12.1 Å². The maximum Gasteiger partial charge on any atom is 0.326 e. The molecule has 7 nitrogen and oxygen atoms in total. The molecule has 0 saturated heterocycles. The fraction of sp³-hybridized carbons (Fsp3) is 0.429. The zero-order chi connectivity index (χ0) is 16.0. The van der Waals surface area contributed by atoms with Crippen LogP contribution in [0, 0.1) is 13.8 Å². The second-order valence-electron chi connectivity index (χ2n) is 4.56. The van der Waals surface area contributed by atoms with Gasteiger partial charge in [-0.15, -0.1) is 0 Å². The van der Waals surface area contributed by atoms with Crippen molar-refractivity contribution in [3.63, 3.8) is 0 Å². The van der Waals surface area contributed by atoms with Crippen molar-refractivity contribution in [2.45, 2.75) is 32.7 Å². The Morgan fingerprint density at radius 2 is 2.00 bits per heavy atom. The second-order valence-corrected chi connectivity index (χ2v) is 4.56. The number of pyridine rings is 1. The number of ether oxygens (including phenoxy) is 1. The highest BCUT2D eigenvalue weighted by molar-refractivity contribution is 5.97. The zero-order valence-corrected chi connectivity index (χ0v) is 12.2. The van der Waals surface area contributed by atoms with Gasteiger partial charge in [0.15, 0.2) is 0 Å². The Kier molecular flexibility index (Phi) is 5.83. The number of aryl methyl sites for hydroxylation is 2. The first-order chi connectivity index (χ1) is 9.85. The second kappa shape index (κ2) is 7.37. The van der Waals surface area contributed by atoms with Crippen molar-refractivity contribution in [2.75, 3.05) is 7.11 Å². The van der Waals surface area contributed by atoms with Gasteiger partial charge in [0.25, 0.3) is 5.91 Å². The van der Waals surface area contributed by atoms with Gasteiger partial charge in [-0.2, -0.15) is 0 Å². The number of methoxy groups -OCH3 is 1. The lowest BCUT2D eigenvalue weighted by Crippen LogP contribution is -2.41. The van der Waals surface area contributed by atoms with Gasteiger partial charge in [-0.25, -0.2) is 4.79 Å². The number of amides is 1. The number of hydrogen-bond donors (Lipinski definition) is 2. The molecule has 0 fully saturated rings. The summed E-state index contributed by atoms with van der Waals surface area (Å²) in [5.41, 5.74) is 1.60. The van der Waals surface area contributed by atoms with Gasteiger partial charge < -0.3 is 15.2 Å². The predicted octanol–water partition coefficient (Wildman–Crippen LogP) is 0.835. The molecule has 0 bridgehead atoms. The number of carboxylic acids is 1. The molecule has 0 unspecified atom stereocenters. The molecule has 1 aromatic heterocycles. The van der Waals surface area contributed by atoms with E-state index < -0.39 is 23.9 Å². The van der Waals surface area contributed by atoms with Crippen LogP contribution < -0.4 is 5.32 Å². The number of aromatic nitrogens is 1. The Bertz CT molecular complexity index is 556. The molecule has 0 aliphatic heterocycles. The van der Waals surface area contributed by atoms with Gasteiger partial charge in [0.05, 0.1) is 18.4 Å². The number of nitrogens with zero attached hydrogens (tertiary/aromatic N) is 1. The molecular weight excluding hydrogens is 276 g/mol. The normalized spacial score (nSPS) is 11.6. The van der Waals surface area contributed by atoms with Gasteiger partial charge in [0.1, 0.15) is 6.04 Å². The van der Waals surface area contributed by atoms with Crippen molar-refractivity contribution in [2.24, 2.45) is 0 Å². The van der Waals surface area contributed by atoms with Crippen molar-refractivity contribution < 1.29 is 24.2 Å². The maximum atomic E-state index is 12.1. The smallest absolute Gasteiger partial charge is 0.326 e. The van der Waals surface area contributed by atoms with Crippen molar-refractivity contribution in [1.29, 1.82) is 0 Å². The molecule has 1 rings (SSSR count). The molecular formula is C14H18N2O5. The lowest BCUT2D eigenvalue weighted by molar-refractivity contribution is -0.142. The average Bonchev–Trinajstić information content (AvgIpc) is 2.42. The molecule has 0 saturated carbocycles. The van der Waals surface area contributed by atoms with E-state index in [4.69, 9.17) is 5.11 Å². The summed E-state index contributed by atoms with van der Waals surface area (Å²) in [5.74, 6) is -2.26. The van der Waals surface area contributed by atoms with Gasteiger partial charge in [-0.1, -0.05) is 0 Å². The lowest BCUT2D eigenvalue weighted by Gasteiger charge is -2.14. The molecule has 0 spiro atoms. The Hall–Kier alpha value is -2.44. The highest BCUT2D eigenvalue weighted by atomic mass is 16.5. The first-order valence-corrected chi connectivity index (χ1v) is 6.40. The maximum absolute atomic E-state index is 12.1. The predicted molar refractivity (Wildman–Crippen MR) is 73.9 cm³/mol. The van der Waals surface area contributed by atoms with E-state index in [9.17, 15) is 14.4 Å². The third-order valence-corrected chi connectivity index (χ3v) is 2.94. The first kappa shape index (κ1) is 16.6. The topological polar surface area (TPSA) is 106 Å². The molecule has 0 aromatic carbocycles. The van der Waals surface area contributed by atoms with Gasteiger partial charge >= 0.3 is 11.9 Å². The van der Waals surface area contributed by atoms with E-state index in [0.717, 1.165) is 5.69 Å². The Balaban J connectivity index is 2.76. The lowest BCUT2D eigenvalue weighted by atomic mass is 10.1. The largest absolute Gasteiger partial charge is 0.480 e. The molecule has 21 heavy (non-hydrogen) atoms. The van der Waals surface area contributed by atoms with Crippen molar-refractivity contribution >= 4 is 17.8 Å². The number of aliphatic carboxylic acids is 1. The number of carboxylic acid groups (broad SMARTS) is 1. The Morgan fingerprint density at radius 3 is 2.52 bits per heavy atom. The Morgan fingerprint density at radius 1 is 1.33 bits per heavy atom. The van der Waals surface area contributed by atoms with Crippen LogP contribution in [0.4, 0.5) is 0 Å². The van der Waals surface area contributed by atoms with E-state index in [2.05, 4.69) is 15.0 Å². The number of hydrogen-bond acceptors (Lipinski definition) is 5. The van der Waals surface area contributed by atoms with Crippen LogP contribution in [0.5, 0.6) is 0 Å². The first-order valence-electron chi connectivity index (χ1n) is 6.40. The summed E-state index contributed by atoms with van der Waals surface area (Å²) < 4.78 is 4.45. The van der Waals surface area contributed by atoms with E-state index in [0.29, 0.717) is 11.3 Å². The number of carbonyl (C=O) groups excluding carboxylic acids is 2. The van der Waals surface area contributed by atoms with Crippen LogP contribution in [-0.4, -0.2) is 41.1 Å². The molecule has 0 radical (unpaired) electrons. The summed E-state index contributed by atoms with van der Waals surface area (Å²) in [6, 6.07) is 2.11.